The number of thiazole rings is 1. The molecule has 1 aliphatic rings. The zero-order valence-electron chi connectivity index (χ0n) is 13.7. The van der Waals surface area contributed by atoms with Gasteiger partial charge in [0.05, 0.1) is 5.69 Å². The lowest BCUT2D eigenvalue weighted by Crippen LogP contribution is -2.33. The molecule has 1 N–H and O–H groups in total. The van der Waals surface area contributed by atoms with Crippen molar-refractivity contribution in [2.24, 2.45) is 0 Å². The van der Waals surface area contributed by atoms with Gasteiger partial charge in [0.25, 0.3) is 5.91 Å². The van der Waals surface area contributed by atoms with E-state index < -0.39 is 0 Å². The minimum atomic E-state index is -0.0624. The molecule has 0 fully saturated rings. The third-order valence-electron chi connectivity index (χ3n) is 4.26. The molecule has 1 aliphatic heterocycles. The molecule has 5 heteroatoms. The van der Waals surface area contributed by atoms with Crippen molar-refractivity contribution in [3.63, 3.8) is 0 Å². The summed E-state index contributed by atoms with van der Waals surface area (Å²) in [4.78, 5) is 20.7. The first-order valence-electron chi connectivity index (χ1n) is 8.18. The Hall–Kier alpha value is -1.72. The molecule has 0 atom stereocenters. The summed E-state index contributed by atoms with van der Waals surface area (Å²) in [5.41, 5.74) is 2.22. The van der Waals surface area contributed by atoms with Crippen LogP contribution < -0.4 is 5.32 Å². The number of rotatable bonds is 4. The Kier molecular flexibility index (Phi) is 5.08. The topological polar surface area (TPSA) is 45.2 Å². The molecule has 0 spiro atoms. The highest BCUT2D eigenvalue weighted by Gasteiger charge is 2.21. The molecule has 0 radical (unpaired) electrons. The predicted molar refractivity (Wildman–Crippen MR) is 93.8 cm³/mol. The molecule has 122 valence electrons. The molecule has 0 saturated heterocycles. The maximum atomic E-state index is 12.3. The Bertz CT molecular complexity index is 641. The fraction of sp³-hybridized carbons (Fsp3) is 0.444. The van der Waals surface area contributed by atoms with Gasteiger partial charge >= 0.3 is 0 Å². The first kappa shape index (κ1) is 16.1. The van der Waals surface area contributed by atoms with Gasteiger partial charge in [-0.25, -0.2) is 4.98 Å². The summed E-state index contributed by atoms with van der Waals surface area (Å²) in [5, 5.41) is 3.57. The van der Waals surface area contributed by atoms with Crippen LogP contribution in [-0.4, -0.2) is 34.9 Å². The number of aromatic nitrogens is 1. The second-order valence-corrected chi connectivity index (χ2v) is 7.27. The van der Waals surface area contributed by atoms with E-state index in [2.05, 4.69) is 29.0 Å². The molecule has 0 saturated carbocycles. The maximum absolute atomic E-state index is 12.3. The van der Waals surface area contributed by atoms with E-state index in [1.165, 1.54) is 4.88 Å². The maximum Gasteiger partial charge on any atom is 0.280 e. The quantitative estimate of drug-likeness (QED) is 0.938. The van der Waals surface area contributed by atoms with Gasteiger partial charge in [0.15, 0.2) is 5.01 Å². The van der Waals surface area contributed by atoms with Crippen molar-refractivity contribution in [1.29, 1.82) is 0 Å². The molecule has 1 aromatic carbocycles. The minimum absolute atomic E-state index is 0.0624. The van der Waals surface area contributed by atoms with Gasteiger partial charge in [0.2, 0.25) is 0 Å². The number of hydrogen-bond acceptors (Lipinski definition) is 4. The summed E-state index contributed by atoms with van der Waals surface area (Å²) >= 11 is 1.56. The summed E-state index contributed by atoms with van der Waals surface area (Å²) in [7, 11) is 0. The van der Waals surface area contributed by atoms with Crippen molar-refractivity contribution in [2.75, 3.05) is 13.1 Å². The highest BCUT2D eigenvalue weighted by molar-refractivity contribution is 7.13. The molecular formula is C18H23N3OS. The van der Waals surface area contributed by atoms with Gasteiger partial charge in [-0.2, -0.15) is 0 Å². The van der Waals surface area contributed by atoms with Gasteiger partial charge < -0.3 is 10.2 Å². The van der Waals surface area contributed by atoms with Gasteiger partial charge in [0, 0.05) is 37.0 Å². The summed E-state index contributed by atoms with van der Waals surface area (Å²) in [6.07, 6.45) is 1.94. The Morgan fingerprint density at radius 3 is 2.74 bits per heavy atom. The monoisotopic (exact) mass is 329 g/mol. The molecule has 2 aromatic rings. The van der Waals surface area contributed by atoms with E-state index in [9.17, 15) is 4.79 Å². The Labute approximate surface area is 141 Å². The van der Waals surface area contributed by atoms with Crippen LogP contribution in [0.25, 0.3) is 0 Å². The van der Waals surface area contributed by atoms with E-state index in [1.807, 2.05) is 30.3 Å². The number of nitrogens with one attached hydrogen (secondary N) is 1. The van der Waals surface area contributed by atoms with Crippen LogP contribution >= 0.6 is 11.3 Å². The number of fused-ring (bicyclic) bond motifs is 1. The number of nitrogens with zero attached hydrogens (tertiary/aromatic N) is 2. The second kappa shape index (κ2) is 7.23. The molecule has 3 rings (SSSR count). The third kappa shape index (κ3) is 3.98. The van der Waals surface area contributed by atoms with Crippen molar-refractivity contribution in [3.05, 3.63) is 51.5 Å². The summed E-state index contributed by atoms with van der Waals surface area (Å²) < 4.78 is 0. The van der Waals surface area contributed by atoms with E-state index >= 15 is 0 Å². The summed E-state index contributed by atoms with van der Waals surface area (Å²) in [5.74, 6) is -0.0624. The second-order valence-electron chi connectivity index (χ2n) is 6.19. The van der Waals surface area contributed by atoms with Gasteiger partial charge in [-0.05, 0) is 25.8 Å². The fourth-order valence-corrected chi connectivity index (χ4v) is 3.86. The predicted octanol–water partition coefficient (Wildman–Crippen LogP) is 2.88. The molecule has 0 bridgehead atoms. The van der Waals surface area contributed by atoms with E-state index in [1.54, 1.807) is 11.3 Å². The Morgan fingerprint density at radius 2 is 2.00 bits per heavy atom. The SMILES string of the molecule is CC(C)N1CCc2nc(C(=O)NCc3ccccc3)sc2CC1. The smallest absolute Gasteiger partial charge is 0.280 e. The normalized spacial score (nSPS) is 15.3. The van der Waals surface area contributed by atoms with Crippen molar-refractivity contribution < 1.29 is 4.79 Å². The zero-order chi connectivity index (χ0) is 16.2. The number of benzene rings is 1. The van der Waals surface area contributed by atoms with Gasteiger partial charge in [-0.3, -0.25) is 4.79 Å². The first-order chi connectivity index (χ1) is 11.1. The molecule has 1 amide bonds. The number of carbonyl (C=O) groups is 1. The summed E-state index contributed by atoms with van der Waals surface area (Å²) in [6.45, 7) is 7.09. The highest BCUT2D eigenvalue weighted by atomic mass is 32.1. The highest BCUT2D eigenvalue weighted by Crippen LogP contribution is 2.23. The van der Waals surface area contributed by atoms with Crippen LogP contribution in [-0.2, 0) is 19.4 Å². The van der Waals surface area contributed by atoms with Crippen LogP contribution in [0.5, 0.6) is 0 Å². The number of carbonyl (C=O) groups excluding carboxylic acids is 1. The molecule has 0 aliphatic carbocycles. The molecule has 0 unspecified atom stereocenters. The van der Waals surface area contributed by atoms with E-state index in [4.69, 9.17) is 0 Å². The van der Waals surface area contributed by atoms with Crippen LogP contribution in [0.4, 0.5) is 0 Å². The molecule has 4 nitrogen and oxygen atoms in total. The molecule has 2 heterocycles. The average molecular weight is 329 g/mol. The van der Waals surface area contributed by atoms with Crippen LogP contribution in [0.2, 0.25) is 0 Å². The van der Waals surface area contributed by atoms with E-state index in [0.717, 1.165) is 37.2 Å². The van der Waals surface area contributed by atoms with Gasteiger partial charge in [0.1, 0.15) is 0 Å². The number of hydrogen-bond donors (Lipinski definition) is 1. The Balaban J connectivity index is 1.62. The van der Waals surface area contributed by atoms with Gasteiger partial charge in [-0.1, -0.05) is 30.3 Å². The van der Waals surface area contributed by atoms with E-state index in [-0.39, 0.29) is 5.91 Å². The van der Waals surface area contributed by atoms with Crippen LogP contribution in [0, 0.1) is 0 Å². The van der Waals surface area contributed by atoms with Gasteiger partial charge in [-0.15, -0.1) is 11.3 Å². The van der Waals surface area contributed by atoms with Crippen LogP contribution in [0.1, 0.15) is 39.8 Å². The molecular weight excluding hydrogens is 306 g/mol. The number of amides is 1. The zero-order valence-corrected chi connectivity index (χ0v) is 14.5. The van der Waals surface area contributed by atoms with E-state index in [0.29, 0.717) is 17.6 Å². The van der Waals surface area contributed by atoms with Crippen molar-refractivity contribution in [1.82, 2.24) is 15.2 Å². The lowest BCUT2D eigenvalue weighted by molar-refractivity contribution is 0.0950. The minimum Gasteiger partial charge on any atom is -0.346 e. The average Bonchev–Trinajstić information content (AvgIpc) is 2.86. The van der Waals surface area contributed by atoms with Crippen molar-refractivity contribution in [3.8, 4) is 0 Å². The molecule has 1 aromatic heterocycles. The Morgan fingerprint density at radius 1 is 1.26 bits per heavy atom. The lowest BCUT2D eigenvalue weighted by atomic mass is 10.2. The summed E-state index contributed by atoms with van der Waals surface area (Å²) in [6, 6.07) is 10.5. The fourth-order valence-electron chi connectivity index (χ4n) is 2.85. The van der Waals surface area contributed by atoms with Crippen molar-refractivity contribution in [2.45, 2.75) is 39.3 Å². The standard InChI is InChI=1S/C18H23N3OS/c1-13(2)21-10-8-15-16(9-11-21)23-18(20-15)17(22)19-12-14-6-4-3-5-7-14/h3-7,13H,8-12H2,1-2H3,(H,19,22). The van der Waals surface area contributed by atoms with Crippen LogP contribution in [0.3, 0.4) is 0 Å². The first-order valence-corrected chi connectivity index (χ1v) is 9.00. The lowest BCUT2D eigenvalue weighted by Gasteiger charge is -2.23. The largest absolute Gasteiger partial charge is 0.346 e. The third-order valence-corrected chi connectivity index (χ3v) is 5.42. The molecule has 23 heavy (non-hydrogen) atoms. The van der Waals surface area contributed by atoms with Crippen LogP contribution in [0.15, 0.2) is 30.3 Å². The van der Waals surface area contributed by atoms with Crippen molar-refractivity contribution >= 4 is 17.2 Å².